The number of para-hydroxylation sites is 1. The molecule has 5 nitrogen and oxygen atoms in total. The molecule has 98 valence electrons. The quantitative estimate of drug-likeness (QED) is 0.914. The van der Waals surface area contributed by atoms with E-state index >= 15 is 0 Å². The van der Waals surface area contributed by atoms with Gasteiger partial charge in [-0.05, 0) is 25.1 Å². The number of methoxy groups -OCH3 is 1. The van der Waals surface area contributed by atoms with Gasteiger partial charge >= 0.3 is 5.97 Å². The molecule has 0 aliphatic heterocycles. The monoisotopic (exact) mass is 259 g/mol. The standard InChI is InChI=1S/C14H13NO4/c1-9-8-10(6-7-15-9)19-13-11(14(16)17)4-3-5-12(13)18-2/h3-8H,1-2H3,(H,16,17). The number of aryl methyl sites for hydroxylation is 1. The van der Waals surface area contributed by atoms with Gasteiger partial charge in [-0.2, -0.15) is 0 Å². The van der Waals surface area contributed by atoms with Crippen molar-refractivity contribution in [2.24, 2.45) is 0 Å². The Labute approximate surface area is 110 Å². The molecule has 0 saturated heterocycles. The second kappa shape index (κ2) is 5.39. The highest BCUT2D eigenvalue weighted by molar-refractivity contribution is 5.92. The number of carboxylic acids is 1. The van der Waals surface area contributed by atoms with Crippen LogP contribution in [0, 0.1) is 6.92 Å². The highest BCUT2D eigenvalue weighted by atomic mass is 16.5. The Kier molecular flexibility index (Phi) is 3.66. The fourth-order valence-electron chi connectivity index (χ4n) is 1.65. The fraction of sp³-hybridized carbons (Fsp3) is 0.143. The van der Waals surface area contributed by atoms with E-state index in [1.54, 1.807) is 30.5 Å². The Hall–Kier alpha value is -2.56. The van der Waals surface area contributed by atoms with Crippen LogP contribution >= 0.6 is 0 Å². The molecule has 0 aliphatic rings. The van der Waals surface area contributed by atoms with Crippen molar-refractivity contribution in [2.75, 3.05) is 7.11 Å². The van der Waals surface area contributed by atoms with Crippen LogP contribution in [-0.4, -0.2) is 23.2 Å². The molecule has 0 atom stereocenters. The van der Waals surface area contributed by atoms with Crippen LogP contribution < -0.4 is 9.47 Å². The summed E-state index contributed by atoms with van der Waals surface area (Å²) >= 11 is 0. The van der Waals surface area contributed by atoms with Crippen molar-refractivity contribution in [3.8, 4) is 17.2 Å². The lowest BCUT2D eigenvalue weighted by Gasteiger charge is -2.12. The van der Waals surface area contributed by atoms with E-state index in [-0.39, 0.29) is 11.3 Å². The minimum atomic E-state index is -1.07. The lowest BCUT2D eigenvalue weighted by Crippen LogP contribution is -2.02. The summed E-state index contributed by atoms with van der Waals surface area (Å²) in [6.45, 7) is 1.83. The summed E-state index contributed by atoms with van der Waals surface area (Å²) in [7, 11) is 1.46. The summed E-state index contributed by atoms with van der Waals surface area (Å²) in [5.41, 5.74) is 0.832. The fourth-order valence-corrected chi connectivity index (χ4v) is 1.65. The number of benzene rings is 1. The van der Waals surface area contributed by atoms with Crippen LogP contribution in [0.5, 0.6) is 17.2 Å². The van der Waals surface area contributed by atoms with E-state index < -0.39 is 5.97 Å². The van der Waals surface area contributed by atoms with E-state index in [1.807, 2.05) is 6.92 Å². The van der Waals surface area contributed by atoms with Crippen LogP contribution in [0.1, 0.15) is 16.1 Å². The van der Waals surface area contributed by atoms with Crippen molar-refractivity contribution < 1.29 is 19.4 Å². The van der Waals surface area contributed by atoms with Crippen LogP contribution in [0.3, 0.4) is 0 Å². The van der Waals surface area contributed by atoms with Crippen LogP contribution in [0.15, 0.2) is 36.5 Å². The second-order valence-corrected chi connectivity index (χ2v) is 3.88. The zero-order chi connectivity index (χ0) is 13.8. The van der Waals surface area contributed by atoms with Crippen molar-refractivity contribution in [3.63, 3.8) is 0 Å². The van der Waals surface area contributed by atoms with Crippen LogP contribution in [0.25, 0.3) is 0 Å². The number of rotatable bonds is 4. The average molecular weight is 259 g/mol. The van der Waals surface area contributed by atoms with Gasteiger partial charge in [-0.25, -0.2) is 4.79 Å². The summed E-state index contributed by atoms with van der Waals surface area (Å²) in [4.78, 5) is 15.3. The van der Waals surface area contributed by atoms with E-state index in [2.05, 4.69) is 4.98 Å². The summed E-state index contributed by atoms with van der Waals surface area (Å²) < 4.78 is 10.8. The van der Waals surface area contributed by atoms with Gasteiger partial charge in [-0.3, -0.25) is 4.98 Å². The van der Waals surface area contributed by atoms with E-state index in [1.165, 1.54) is 13.2 Å². The molecule has 1 N–H and O–H groups in total. The SMILES string of the molecule is COc1cccc(C(=O)O)c1Oc1ccnc(C)c1. The summed E-state index contributed by atoms with van der Waals surface area (Å²) in [6, 6.07) is 8.10. The molecule has 5 heteroatoms. The number of nitrogens with zero attached hydrogens (tertiary/aromatic N) is 1. The second-order valence-electron chi connectivity index (χ2n) is 3.88. The van der Waals surface area contributed by atoms with Crippen molar-refractivity contribution >= 4 is 5.97 Å². The Balaban J connectivity index is 2.46. The van der Waals surface area contributed by atoms with Crippen molar-refractivity contribution in [1.29, 1.82) is 0 Å². The lowest BCUT2D eigenvalue weighted by atomic mass is 10.2. The van der Waals surface area contributed by atoms with E-state index in [0.29, 0.717) is 11.5 Å². The molecule has 1 heterocycles. The van der Waals surface area contributed by atoms with Gasteiger partial charge in [-0.15, -0.1) is 0 Å². The van der Waals surface area contributed by atoms with Gasteiger partial charge in [0.2, 0.25) is 0 Å². The minimum absolute atomic E-state index is 0.0498. The topological polar surface area (TPSA) is 68.7 Å². The number of aromatic nitrogens is 1. The molecule has 0 unspecified atom stereocenters. The van der Waals surface area contributed by atoms with E-state index in [4.69, 9.17) is 9.47 Å². The summed E-state index contributed by atoms with van der Waals surface area (Å²) in [5, 5.41) is 9.17. The molecule has 0 fully saturated rings. The Bertz CT molecular complexity index is 610. The molecular formula is C14H13NO4. The van der Waals surface area contributed by atoms with Gasteiger partial charge in [0.15, 0.2) is 11.5 Å². The molecule has 1 aromatic carbocycles. The normalized spacial score (nSPS) is 10.0. The maximum absolute atomic E-state index is 11.2. The van der Waals surface area contributed by atoms with E-state index in [9.17, 15) is 9.90 Å². The zero-order valence-corrected chi connectivity index (χ0v) is 10.6. The first-order valence-electron chi connectivity index (χ1n) is 5.62. The largest absolute Gasteiger partial charge is 0.493 e. The van der Waals surface area contributed by atoms with Crippen molar-refractivity contribution in [3.05, 3.63) is 47.8 Å². The number of carboxylic acid groups (broad SMARTS) is 1. The third kappa shape index (κ3) is 2.82. The minimum Gasteiger partial charge on any atom is -0.493 e. The Morgan fingerprint density at radius 1 is 1.32 bits per heavy atom. The first-order chi connectivity index (χ1) is 9.11. The molecule has 0 spiro atoms. The van der Waals surface area contributed by atoms with Gasteiger partial charge in [0.25, 0.3) is 0 Å². The molecular weight excluding hydrogens is 246 g/mol. The Morgan fingerprint density at radius 3 is 2.74 bits per heavy atom. The first-order valence-corrected chi connectivity index (χ1v) is 5.62. The molecule has 0 aliphatic carbocycles. The van der Waals surface area contributed by atoms with Crippen LogP contribution in [-0.2, 0) is 0 Å². The molecule has 0 bridgehead atoms. The summed E-state index contributed by atoms with van der Waals surface area (Å²) in [6.07, 6.45) is 1.60. The van der Waals surface area contributed by atoms with Crippen LogP contribution in [0.2, 0.25) is 0 Å². The van der Waals surface area contributed by atoms with Gasteiger partial charge < -0.3 is 14.6 Å². The molecule has 0 radical (unpaired) electrons. The smallest absolute Gasteiger partial charge is 0.339 e. The molecule has 1 aromatic heterocycles. The van der Waals surface area contributed by atoms with Crippen molar-refractivity contribution in [1.82, 2.24) is 4.98 Å². The van der Waals surface area contributed by atoms with E-state index in [0.717, 1.165) is 5.69 Å². The third-order valence-electron chi connectivity index (χ3n) is 2.52. The number of hydrogen-bond donors (Lipinski definition) is 1. The highest BCUT2D eigenvalue weighted by Gasteiger charge is 2.17. The lowest BCUT2D eigenvalue weighted by molar-refractivity contribution is 0.0693. The third-order valence-corrected chi connectivity index (χ3v) is 2.52. The number of carbonyl (C=O) groups is 1. The molecule has 2 aromatic rings. The number of aromatic carboxylic acids is 1. The van der Waals surface area contributed by atoms with Gasteiger partial charge in [-0.1, -0.05) is 6.07 Å². The zero-order valence-electron chi connectivity index (χ0n) is 10.6. The van der Waals surface area contributed by atoms with Gasteiger partial charge in [0.05, 0.1) is 7.11 Å². The number of hydrogen-bond acceptors (Lipinski definition) is 4. The van der Waals surface area contributed by atoms with Gasteiger partial charge in [0.1, 0.15) is 11.3 Å². The average Bonchev–Trinajstić information content (AvgIpc) is 2.38. The Morgan fingerprint density at radius 2 is 2.11 bits per heavy atom. The predicted octanol–water partition coefficient (Wildman–Crippen LogP) is 2.89. The molecule has 2 rings (SSSR count). The summed E-state index contributed by atoms with van der Waals surface area (Å²) in [5.74, 6) is -0.00311. The number of pyridine rings is 1. The highest BCUT2D eigenvalue weighted by Crippen LogP contribution is 2.35. The molecule has 0 saturated carbocycles. The first kappa shape index (κ1) is 12.9. The maximum Gasteiger partial charge on any atom is 0.339 e. The number of ether oxygens (including phenoxy) is 2. The van der Waals surface area contributed by atoms with Gasteiger partial charge in [0, 0.05) is 18.0 Å². The maximum atomic E-state index is 11.2. The predicted molar refractivity (Wildman–Crippen MR) is 69.0 cm³/mol. The van der Waals surface area contributed by atoms with Crippen LogP contribution in [0.4, 0.5) is 0 Å². The molecule has 19 heavy (non-hydrogen) atoms. The van der Waals surface area contributed by atoms with Crippen molar-refractivity contribution in [2.45, 2.75) is 6.92 Å². The molecule has 0 amide bonds.